The van der Waals surface area contributed by atoms with Gasteiger partial charge in [-0.05, 0) is 37.0 Å². The average molecular weight is 204 g/mol. The van der Waals surface area contributed by atoms with E-state index in [1.807, 2.05) is 4.90 Å². The largest absolute Gasteiger partial charge is 0.341 e. The van der Waals surface area contributed by atoms with Crippen molar-refractivity contribution in [2.75, 3.05) is 13.1 Å². The van der Waals surface area contributed by atoms with Crippen LogP contribution in [0.25, 0.3) is 0 Å². The fourth-order valence-electron chi connectivity index (χ4n) is 2.94. The van der Waals surface area contributed by atoms with Crippen molar-refractivity contribution in [2.45, 2.75) is 32.1 Å². The van der Waals surface area contributed by atoms with Crippen LogP contribution in [0.1, 0.15) is 32.1 Å². The van der Waals surface area contributed by atoms with E-state index in [0.29, 0.717) is 18.4 Å². The Kier molecular flexibility index (Phi) is 1.83. The zero-order valence-electron chi connectivity index (χ0n) is 8.91. The van der Waals surface area contributed by atoms with E-state index < -0.39 is 0 Å². The number of nitrogens with zero attached hydrogens (tertiary/aromatic N) is 2. The van der Waals surface area contributed by atoms with E-state index in [4.69, 9.17) is 5.26 Å². The van der Waals surface area contributed by atoms with E-state index in [0.717, 1.165) is 12.5 Å². The molecule has 3 fully saturated rings. The van der Waals surface area contributed by atoms with E-state index in [1.165, 1.54) is 25.7 Å². The lowest BCUT2D eigenvalue weighted by molar-refractivity contribution is -0.128. The standard InChI is InChI=1S/C12H16N2O/c13-6-9-5-11(15)14(7-9)8-12(3-4-12)10-1-2-10/h9-10H,1-5,7-8H2. The van der Waals surface area contributed by atoms with Crippen molar-refractivity contribution >= 4 is 5.91 Å². The molecular formula is C12H16N2O. The van der Waals surface area contributed by atoms with Crippen LogP contribution in [0.15, 0.2) is 0 Å². The van der Waals surface area contributed by atoms with Crippen LogP contribution >= 0.6 is 0 Å². The summed E-state index contributed by atoms with van der Waals surface area (Å²) >= 11 is 0. The first kappa shape index (κ1) is 9.21. The molecule has 0 radical (unpaired) electrons. The highest BCUT2D eigenvalue weighted by molar-refractivity contribution is 5.79. The molecule has 0 aromatic rings. The summed E-state index contributed by atoms with van der Waals surface area (Å²) in [5.41, 5.74) is 0.486. The molecule has 3 aliphatic rings. The summed E-state index contributed by atoms with van der Waals surface area (Å²) in [5.74, 6) is 1.05. The first-order chi connectivity index (χ1) is 7.23. The van der Waals surface area contributed by atoms with Gasteiger partial charge in [0.2, 0.25) is 5.91 Å². The van der Waals surface area contributed by atoms with Crippen molar-refractivity contribution in [3.63, 3.8) is 0 Å². The average Bonchev–Trinajstić information content (AvgIpc) is 3.08. The molecule has 1 saturated heterocycles. The summed E-state index contributed by atoms with van der Waals surface area (Å²) in [6.45, 7) is 1.62. The Bertz CT molecular complexity index is 336. The van der Waals surface area contributed by atoms with Gasteiger partial charge in [0.25, 0.3) is 0 Å². The van der Waals surface area contributed by atoms with Gasteiger partial charge < -0.3 is 4.90 Å². The van der Waals surface area contributed by atoms with Gasteiger partial charge in [-0.3, -0.25) is 4.79 Å². The highest BCUT2D eigenvalue weighted by atomic mass is 16.2. The van der Waals surface area contributed by atoms with Crippen molar-refractivity contribution in [1.29, 1.82) is 5.26 Å². The Balaban J connectivity index is 1.64. The number of carbonyl (C=O) groups excluding carboxylic acids is 1. The number of carbonyl (C=O) groups is 1. The molecule has 0 aromatic carbocycles. The lowest BCUT2D eigenvalue weighted by Crippen LogP contribution is -2.32. The Morgan fingerprint density at radius 3 is 2.67 bits per heavy atom. The Morgan fingerprint density at radius 1 is 1.47 bits per heavy atom. The molecule has 0 aromatic heterocycles. The molecule has 3 nitrogen and oxygen atoms in total. The lowest BCUT2D eigenvalue weighted by Gasteiger charge is -2.23. The smallest absolute Gasteiger partial charge is 0.224 e. The number of hydrogen-bond donors (Lipinski definition) is 0. The summed E-state index contributed by atoms with van der Waals surface area (Å²) in [6, 6.07) is 2.21. The molecule has 1 heterocycles. The second kappa shape index (κ2) is 2.98. The van der Waals surface area contributed by atoms with Gasteiger partial charge in [0.1, 0.15) is 0 Å². The van der Waals surface area contributed by atoms with Gasteiger partial charge in [-0.1, -0.05) is 0 Å². The molecule has 1 aliphatic heterocycles. The third-order valence-corrected chi connectivity index (χ3v) is 4.24. The van der Waals surface area contributed by atoms with Crippen molar-refractivity contribution in [2.24, 2.45) is 17.3 Å². The number of rotatable bonds is 3. The molecule has 80 valence electrons. The fourth-order valence-corrected chi connectivity index (χ4v) is 2.94. The second-order valence-electron chi connectivity index (χ2n) is 5.44. The minimum absolute atomic E-state index is 0.0486. The second-order valence-corrected chi connectivity index (χ2v) is 5.44. The Hall–Kier alpha value is -1.04. The number of hydrogen-bond acceptors (Lipinski definition) is 2. The Labute approximate surface area is 90.1 Å². The minimum atomic E-state index is -0.0486. The summed E-state index contributed by atoms with van der Waals surface area (Å²) in [4.78, 5) is 13.6. The summed E-state index contributed by atoms with van der Waals surface area (Å²) < 4.78 is 0. The number of amides is 1. The topological polar surface area (TPSA) is 44.1 Å². The van der Waals surface area contributed by atoms with E-state index >= 15 is 0 Å². The summed E-state index contributed by atoms with van der Waals surface area (Å²) in [7, 11) is 0. The van der Waals surface area contributed by atoms with Gasteiger partial charge in [-0.25, -0.2) is 0 Å². The zero-order valence-corrected chi connectivity index (χ0v) is 8.91. The molecule has 3 rings (SSSR count). The minimum Gasteiger partial charge on any atom is -0.341 e. The first-order valence-corrected chi connectivity index (χ1v) is 5.91. The monoisotopic (exact) mass is 204 g/mol. The van der Waals surface area contributed by atoms with Gasteiger partial charge in [-0.15, -0.1) is 0 Å². The van der Waals surface area contributed by atoms with Crippen molar-refractivity contribution in [3.8, 4) is 6.07 Å². The van der Waals surface area contributed by atoms with Crippen LogP contribution in [-0.4, -0.2) is 23.9 Å². The molecule has 1 atom stereocenters. The SMILES string of the molecule is N#CC1CC(=O)N(CC2(C3CC3)CC2)C1. The maximum Gasteiger partial charge on any atom is 0.224 e. The zero-order chi connectivity index (χ0) is 10.5. The van der Waals surface area contributed by atoms with Gasteiger partial charge in [0.15, 0.2) is 0 Å². The van der Waals surface area contributed by atoms with E-state index in [2.05, 4.69) is 6.07 Å². The van der Waals surface area contributed by atoms with Gasteiger partial charge in [-0.2, -0.15) is 5.26 Å². The molecule has 2 saturated carbocycles. The van der Waals surface area contributed by atoms with Crippen LogP contribution in [0.3, 0.4) is 0 Å². The van der Waals surface area contributed by atoms with Crippen LogP contribution in [-0.2, 0) is 4.79 Å². The maximum absolute atomic E-state index is 11.7. The van der Waals surface area contributed by atoms with Crippen LogP contribution in [0.4, 0.5) is 0 Å². The highest BCUT2D eigenvalue weighted by Gasteiger charge is 2.55. The van der Waals surface area contributed by atoms with Crippen molar-refractivity contribution in [3.05, 3.63) is 0 Å². The number of nitriles is 1. The van der Waals surface area contributed by atoms with E-state index in [9.17, 15) is 4.79 Å². The summed E-state index contributed by atoms with van der Waals surface area (Å²) in [6.07, 6.45) is 5.79. The molecule has 3 heteroatoms. The van der Waals surface area contributed by atoms with Crippen LogP contribution in [0.5, 0.6) is 0 Å². The van der Waals surface area contributed by atoms with Gasteiger partial charge in [0.05, 0.1) is 12.0 Å². The maximum atomic E-state index is 11.7. The van der Waals surface area contributed by atoms with Crippen molar-refractivity contribution < 1.29 is 4.79 Å². The third-order valence-electron chi connectivity index (χ3n) is 4.24. The van der Waals surface area contributed by atoms with Gasteiger partial charge in [0, 0.05) is 19.5 Å². The number of likely N-dealkylation sites (tertiary alicyclic amines) is 1. The van der Waals surface area contributed by atoms with Crippen LogP contribution < -0.4 is 0 Å². The predicted octanol–water partition coefficient (Wildman–Crippen LogP) is 1.55. The molecule has 2 aliphatic carbocycles. The van der Waals surface area contributed by atoms with E-state index in [1.54, 1.807) is 0 Å². The molecule has 1 amide bonds. The fraction of sp³-hybridized carbons (Fsp3) is 0.833. The highest BCUT2D eigenvalue weighted by Crippen LogP contribution is 2.61. The Morgan fingerprint density at radius 2 is 2.20 bits per heavy atom. The molecule has 0 spiro atoms. The molecule has 1 unspecified atom stereocenters. The van der Waals surface area contributed by atoms with Crippen LogP contribution in [0.2, 0.25) is 0 Å². The first-order valence-electron chi connectivity index (χ1n) is 5.91. The van der Waals surface area contributed by atoms with Gasteiger partial charge >= 0.3 is 0 Å². The van der Waals surface area contributed by atoms with Crippen molar-refractivity contribution in [1.82, 2.24) is 4.90 Å². The van der Waals surface area contributed by atoms with Crippen LogP contribution in [0, 0.1) is 28.6 Å². The third kappa shape index (κ3) is 1.52. The molecule has 0 bridgehead atoms. The lowest BCUT2D eigenvalue weighted by atomic mass is 10.00. The molecule has 0 N–H and O–H groups in total. The normalized spacial score (nSPS) is 32.9. The quantitative estimate of drug-likeness (QED) is 0.700. The molecular weight excluding hydrogens is 188 g/mol. The molecule has 15 heavy (non-hydrogen) atoms. The summed E-state index contributed by atoms with van der Waals surface area (Å²) in [5, 5.41) is 8.81. The predicted molar refractivity (Wildman–Crippen MR) is 54.7 cm³/mol. The van der Waals surface area contributed by atoms with E-state index in [-0.39, 0.29) is 11.8 Å².